The molecule has 4 rings (SSSR count). The van der Waals surface area contributed by atoms with E-state index in [1.807, 2.05) is 0 Å². The van der Waals surface area contributed by atoms with Crippen LogP contribution in [0.25, 0.3) is 10.9 Å². The highest BCUT2D eigenvalue weighted by molar-refractivity contribution is 6.31. The van der Waals surface area contributed by atoms with E-state index in [9.17, 15) is 14.4 Å². The molecule has 7 nitrogen and oxygen atoms in total. The van der Waals surface area contributed by atoms with Crippen molar-refractivity contribution in [1.29, 1.82) is 0 Å². The van der Waals surface area contributed by atoms with Crippen LogP contribution in [0.1, 0.15) is 27.8 Å². The van der Waals surface area contributed by atoms with Crippen LogP contribution in [-0.4, -0.2) is 53.0 Å². The average molecular weight is 474 g/mol. The third-order valence-electron chi connectivity index (χ3n) is 5.68. The summed E-state index contributed by atoms with van der Waals surface area (Å²) >= 11 is 12.1. The van der Waals surface area contributed by atoms with Crippen molar-refractivity contribution in [2.75, 3.05) is 20.3 Å². The van der Waals surface area contributed by atoms with Gasteiger partial charge in [0.2, 0.25) is 0 Å². The molecule has 1 aromatic heterocycles. The van der Waals surface area contributed by atoms with Crippen molar-refractivity contribution in [3.63, 3.8) is 0 Å². The second-order valence-corrected chi connectivity index (χ2v) is 8.58. The number of carbonyl (C=O) groups is 3. The third-order valence-corrected chi connectivity index (χ3v) is 6.16. The van der Waals surface area contributed by atoms with E-state index < -0.39 is 23.3 Å². The predicted molar refractivity (Wildman–Crippen MR) is 122 cm³/mol. The van der Waals surface area contributed by atoms with E-state index in [1.165, 1.54) is 23.5 Å². The standard InChI is InChI=1S/C23H21Cl2N3O4/c1-23(21(30)26-9-10-32-2)22(31)28-18-8-7-17(25)11-15(18)12-19(28)20(29)27(23)13-14-3-5-16(24)6-4-14/h3-8,11-12H,9-10,13H2,1-2H3,(H,26,30). The first-order chi connectivity index (χ1) is 15.3. The van der Waals surface area contributed by atoms with Gasteiger partial charge in [-0.3, -0.25) is 19.0 Å². The highest BCUT2D eigenvalue weighted by atomic mass is 35.5. The number of nitrogens with zero attached hydrogens (tertiary/aromatic N) is 2. The number of rotatable bonds is 6. The number of carbonyl (C=O) groups excluding carboxylic acids is 3. The molecule has 0 saturated carbocycles. The Labute approximate surface area is 194 Å². The fourth-order valence-electron chi connectivity index (χ4n) is 3.90. The number of fused-ring (bicyclic) bond motifs is 3. The van der Waals surface area contributed by atoms with Gasteiger partial charge >= 0.3 is 0 Å². The van der Waals surface area contributed by atoms with Gasteiger partial charge in [0, 0.05) is 35.6 Å². The molecule has 0 bridgehead atoms. The number of benzene rings is 2. The van der Waals surface area contributed by atoms with Crippen molar-refractivity contribution < 1.29 is 19.1 Å². The van der Waals surface area contributed by atoms with Crippen LogP contribution in [0.15, 0.2) is 48.5 Å². The molecule has 1 atom stereocenters. The van der Waals surface area contributed by atoms with Gasteiger partial charge in [0.05, 0.1) is 12.1 Å². The summed E-state index contributed by atoms with van der Waals surface area (Å²) in [6, 6.07) is 13.5. The minimum Gasteiger partial charge on any atom is -0.383 e. The Morgan fingerprint density at radius 1 is 1.06 bits per heavy atom. The number of nitrogens with one attached hydrogen (secondary N) is 1. The van der Waals surface area contributed by atoms with Gasteiger partial charge in [-0.25, -0.2) is 0 Å². The molecule has 2 heterocycles. The summed E-state index contributed by atoms with van der Waals surface area (Å²) in [6.45, 7) is 2.00. The highest BCUT2D eigenvalue weighted by Crippen LogP contribution is 2.34. The fraction of sp³-hybridized carbons (Fsp3) is 0.261. The van der Waals surface area contributed by atoms with Gasteiger partial charge < -0.3 is 15.0 Å². The number of aromatic nitrogens is 1. The second-order valence-electron chi connectivity index (χ2n) is 7.71. The first-order valence-electron chi connectivity index (χ1n) is 9.97. The molecule has 3 aromatic rings. The normalized spacial score (nSPS) is 18.2. The molecule has 0 fully saturated rings. The lowest BCUT2D eigenvalue weighted by Gasteiger charge is -2.42. The highest BCUT2D eigenvalue weighted by Gasteiger charge is 2.54. The third kappa shape index (κ3) is 3.66. The lowest BCUT2D eigenvalue weighted by Crippen LogP contribution is -2.67. The van der Waals surface area contributed by atoms with E-state index in [4.69, 9.17) is 27.9 Å². The van der Waals surface area contributed by atoms with E-state index in [1.54, 1.807) is 48.5 Å². The van der Waals surface area contributed by atoms with Gasteiger partial charge in [0.25, 0.3) is 17.7 Å². The Bertz CT molecular complexity index is 1220. The maximum absolute atomic E-state index is 13.8. The number of hydrogen-bond acceptors (Lipinski definition) is 4. The number of hydrogen-bond donors (Lipinski definition) is 1. The van der Waals surface area contributed by atoms with Gasteiger partial charge in [0.15, 0.2) is 5.54 Å². The van der Waals surface area contributed by atoms with Crippen LogP contribution in [0.4, 0.5) is 0 Å². The van der Waals surface area contributed by atoms with Gasteiger partial charge in [0.1, 0.15) is 5.69 Å². The summed E-state index contributed by atoms with van der Waals surface area (Å²) in [7, 11) is 1.51. The molecule has 0 aliphatic carbocycles. The van der Waals surface area contributed by atoms with Crippen molar-refractivity contribution in [1.82, 2.24) is 14.8 Å². The molecule has 9 heteroatoms. The second kappa shape index (κ2) is 8.58. The maximum atomic E-state index is 13.8. The molecule has 1 unspecified atom stereocenters. The molecular formula is C23H21Cl2N3O4. The number of methoxy groups -OCH3 is 1. The van der Waals surface area contributed by atoms with Crippen LogP contribution >= 0.6 is 23.2 Å². The molecule has 1 N–H and O–H groups in total. The van der Waals surface area contributed by atoms with Crippen LogP contribution in [0.2, 0.25) is 10.0 Å². The zero-order chi connectivity index (χ0) is 23.0. The monoisotopic (exact) mass is 473 g/mol. The summed E-state index contributed by atoms with van der Waals surface area (Å²) in [5.74, 6) is -1.53. The Balaban J connectivity index is 1.84. The van der Waals surface area contributed by atoms with Crippen LogP contribution in [0.3, 0.4) is 0 Å². The van der Waals surface area contributed by atoms with E-state index in [0.29, 0.717) is 20.9 Å². The van der Waals surface area contributed by atoms with Crippen LogP contribution in [-0.2, 0) is 16.1 Å². The van der Waals surface area contributed by atoms with Crippen LogP contribution < -0.4 is 5.32 Å². The summed E-state index contributed by atoms with van der Waals surface area (Å²) < 4.78 is 6.30. The molecule has 1 aliphatic heterocycles. The minimum atomic E-state index is -1.77. The summed E-state index contributed by atoms with van der Waals surface area (Å²) in [4.78, 5) is 42.0. The van der Waals surface area contributed by atoms with Crippen LogP contribution in [0, 0.1) is 0 Å². The lowest BCUT2D eigenvalue weighted by atomic mass is 9.92. The van der Waals surface area contributed by atoms with Gasteiger partial charge in [-0.05, 0) is 48.9 Å². The lowest BCUT2D eigenvalue weighted by molar-refractivity contribution is -0.129. The van der Waals surface area contributed by atoms with Gasteiger partial charge in [-0.1, -0.05) is 35.3 Å². The smallest absolute Gasteiger partial charge is 0.272 e. The molecular weight excluding hydrogens is 453 g/mol. The quantitative estimate of drug-likeness (QED) is 0.436. The summed E-state index contributed by atoms with van der Waals surface area (Å²) in [6.07, 6.45) is 0. The first-order valence-corrected chi connectivity index (χ1v) is 10.7. The van der Waals surface area contributed by atoms with E-state index >= 15 is 0 Å². The Kier molecular flexibility index (Phi) is 5.99. The van der Waals surface area contributed by atoms with Gasteiger partial charge in [-0.15, -0.1) is 0 Å². The first kappa shape index (κ1) is 22.3. The van der Waals surface area contributed by atoms with E-state index in [0.717, 1.165) is 5.56 Å². The number of amides is 2. The predicted octanol–water partition coefficient (Wildman–Crippen LogP) is 3.77. The molecule has 0 saturated heterocycles. The Hall–Kier alpha value is -2.87. The largest absolute Gasteiger partial charge is 0.383 e. The van der Waals surface area contributed by atoms with Crippen molar-refractivity contribution in [3.05, 3.63) is 69.8 Å². The zero-order valence-electron chi connectivity index (χ0n) is 17.5. The molecule has 166 valence electrons. The Morgan fingerprint density at radius 2 is 1.75 bits per heavy atom. The Morgan fingerprint density at radius 3 is 2.44 bits per heavy atom. The van der Waals surface area contributed by atoms with Crippen molar-refractivity contribution in [3.8, 4) is 0 Å². The SMILES string of the molecule is COCCNC(=O)C1(C)C(=O)n2c(cc3cc(Cl)ccc32)C(=O)N1Cc1ccc(Cl)cc1. The maximum Gasteiger partial charge on any atom is 0.272 e. The fourth-order valence-corrected chi connectivity index (χ4v) is 4.20. The van der Waals surface area contributed by atoms with Crippen molar-refractivity contribution >= 4 is 51.8 Å². The molecule has 0 spiro atoms. The molecule has 32 heavy (non-hydrogen) atoms. The topological polar surface area (TPSA) is 80.6 Å². The average Bonchev–Trinajstić information content (AvgIpc) is 3.15. The summed E-state index contributed by atoms with van der Waals surface area (Å²) in [5, 5.41) is 4.39. The van der Waals surface area contributed by atoms with E-state index in [-0.39, 0.29) is 25.4 Å². The van der Waals surface area contributed by atoms with E-state index in [2.05, 4.69) is 5.32 Å². The van der Waals surface area contributed by atoms with Crippen LogP contribution in [0.5, 0.6) is 0 Å². The summed E-state index contributed by atoms with van der Waals surface area (Å²) in [5.41, 5.74) is -0.337. The molecule has 1 aliphatic rings. The number of halogens is 2. The molecule has 2 amide bonds. The minimum absolute atomic E-state index is 0.0538. The van der Waals surface area contributed by atoms with Crippen molar-refractivity contribution in [2.45, 2.75) is 19.0 Å². The van der Waals surface area contributed by atoms with Crippen molar-refractivity contribution in [2.24, 2.45) is 0 Å². The molecule has 0 radical (unpaired) electrons. The van der Waals surface area contributed by atoms with Gasteiger partial charge in [-0.2, -0.15) is 0 Å². The number of ether oxygens (including phenoxy) is 1. The zero-order valence-corrected chi connectivity index (χ0v) is 19.0. The molecule has 2 aromatic carbocycles.